The Kier molecular flexibility index (Phi) is 5.88. The van der Waals surface area contributed by atoms with Gasteiger partial charge in [-0.15, -0.1) is 0 Å². The standard InChI is InChI=1S/C17H22F2N2O3/c1-10(2)21-7-3-4-15(21)16(22)20-14(17(23)24)9-11-5-6-12(18)13(19)8-11/h5-6,8,10,14-15H,3-4,7,9H2,1-2H3,(H,20,22)(H,23,24). The first-order chi connectivity index (χ1) is 11.3. The molecule has 1 heterocycles. The summed E-state index contributed by atoms with van der Waals surface area (Å²) in [5.41, 5.74) is 0.314. The monoisotopic (exact) mass is 340 g/mol. The van der Waals surface area contributed by atoms with E-state index >= 15 is 0 Å². The number of aliphatic carboxylic acids is 1. The second-order valence-corrected chi connectivity index (χ2v) is 6.34. The van der Waals surface area contributed by atoms with Gasteiger partial charge in [-0.1, -0.05) is 6.07 Å². The molecule has 0 spiro atoms. The van der Waals surface area contributed by atoms with Crippen LogP contribution in [-0.2, 0) is 16.0 Å². The summed E-state index contributed by atoms with van der Waals surface area (Å²) in [5.74, 6) is -3.57. The number of likely N-dealkylation sites (tertiary alicyclic amines) is 1. The van der Waals surface area contributed by atoms with Gasteiger partial charge in [-0.3, -0.25) is 9.69 Å². The smallest absolute Gasteiger partial charge is 0.326 e. The van der Waals surface area contributed by atoms with E-state index in [0.717, 1.165) is 25.1 Å². The number of hydrogen-bond donors (Lipinski definition) is 2. The molecule has 0 aromatic heterocycles. The summed E-state index contributed by atoms with van der Waals surface area (Å²) in [4.78, 5) is 25.9. The number of nitrogens with one attached hydrogen (secondary N) is 1. The Labute approximate surface area is 139 Å². The van der Waals surface area contributed by atoms with Crippen molar-refractivity contribution in [2.45, 2.75) is 51.2 Å². The Morgan fingerprint density at radius 1 is 1.33 bits per heavy atom. The fourth-order valence-corrected chi connectivity index (χ4v) is 3.06. The van der Waals surface area contributed by atoms with E-state index in [0.29, 0.717) is 12.0 Å². The molecule has 2 N–H and O–H groups in total. The molecular formula is C17H22F2N2O3. The van der Waals surface area contributed by atoms with Crippen molar-refractivity contribution in [1.82, 2.24) is 10.2 Å². The Hall–Kier alpha value is -2.02. The molecular weight excluding hydrogens is 318 g/mol. The molecule has 1 fully saturated rings. The highest BCUT2D eigenvalue weighted by Gasteiger charge is 2.34. The molecule has 132 valence electrons. The van der Waals surface area contributed by atoms with Gasteiger partial charge in [-0.05, 0) is 50.9 Å². The molecule has 1 aliphatic heterocycles. The lowest BCUT2D eigenvalue weighted by Gasteiger charge is -2.28. The molecule has 5 nitrogen and oxygen atoms in total. The lowest BCUT2D eigenvalue weighted by Crippen LogP contribution is -2.51. The minimum Gasteiger partial charge on any atom is -0.480 e. The van der Waals surface area contributed by atoms with Crippen LogP contribution in [0.5, 0.6) is 0 Å². The predicted molar refractivity (Wildman–Crippen MR) is 84.5 cm³/mol. The minimum absolute atomic E-state index is 0.104. The van der Waals surface area contributed by atoms with Crippen LogP contribution in [0.2, 0.25) is 0 Å². The maximum absolute atomic E-state index is 13.3. The van der Waals surface area contributed by atoms with E-state index in [4.69, 9.17) is 0 Å². The maximum Gasteiger partial charge on any atom is 0.326 e. The summed E-state index contributed by atoms with van der Waals surface area (Å²) in [5, 5.41) is 11.9. The van der Waals surface area contributed by atoms with Crippen molar-refractivity contribution >= 4 is 11.9 Å². The second-order valence-electron chi connectivity index (χ2n) is 6.34. The van der Waals surface area contributed by atoms with Crippen molar-refractivity contribution < 1.29 is 23.5 Å². The van der Waals surface area contributed by atoms with Crippen LogP contribution < -0.4 is 5.32 Å². The molecule has 1 aliphatic rings. The van der Waals surface area contributed by atoms with E-state index in [1.54, 1.807) is 0 Å². The molecule has 2 unspecified atom stereocenters. The maximum atomic E-state index is 13.3. The minimum atomic E-state index is -1.21. The summed E-state index contributed by atoms with van der Waals surface area (Å²) in [7, 11) is 0. The second kappa shape index (κ2) is 7.70. The molecule has 0 radical (unpaired) electrons. The number of benzene rings is 1. The fraction of sp³-hybridized carbons (Fsp3) is 0.529. The largest absolute Gasteiger partial charge is 0.480 e. The van der Waals surface area contributed by atoms with Crippen molar-refractivity contribution in [2.24, 2.45) is 0 Å². The molecule has 7 heteroatoms. The topological polar surface area (TPSA) is 69.6 Å². The first kappa shape index (κ1) is 18.3. The summed E-state index contributed by atoms with van der Waals surface area (Å²) in [6.07, 6.45) is 1.46. The first-order valence-corrected chi connectivity index (χ1v) is 8.02. The van der Waals surface area contributed by atoms with Crippen molar-refractivity contribution in [2.75, 3.05) is 6.54 Å². The first-order valence-electron chi connectivity index (χ1n) is 8.02. The number of hydrogen-bond acceptors (Lipinski definition) is 3. The van der Waals surface area contributed by atoms with Crippen LogP contribution >= 0.6 is 0 Å². The van der Waals surface area contributed by atoms with Crippen molar-refractivity contribution in [1.29, 1.82) is 0 Å². The van der Waals surface area contributed by atoms with Crippen LogP contribution in [-0.4, -0.2) is 46.6 Å². The summed E-state index contributed by atoms with van der Waals surface area (Å²) in [6.45, 7) is 4.78. The van der Waals surface area contributed by atoms with E-state index in [-0.39, 0.29) is 24.4 Å². The van der Waals surface area contributed by atoms with E-state index in [9.17, 15) is 23.5 Å². The third-order valence-electron chi connectivity index (χ3n) is 4.30. The number of carboxylic acid groups (broad SMARTS) is 1. The van der Waals surface area contributed by atoms with Crippen LogP contribution in [0.25, 0.3) is 0 Å². The Morgan fingerprint density at radius 3 is 2.62 bits per heavy atom. The molecule has 0 bridgehead atoms. The Balaban J connectivity index is 2.06. The summed E-state index contributed by atoms with van der Waals surface area (Å²) in [6, 6.07) is 1.87. The van der Waals surface area contributed by atoms with E-state index in [1.165, 1.54) is 6.07 Å². The predicted octanol–water partition coefficient (Wildman–Crippen LogP) is 1.95. The highest BCUT2D eigenvalue weighted by Crippen LogP contribution is 2.20. The zero-order valence-corrected chi connectivity index (χ0v) is 13.8. The SMILES string of the molecule is CC(C)N1CCCC1C(=O)NC(Cc1ccc(F)c(F)c1)C(=O)O. The van der Waals surface area contributed by atoms with E-state index < -0.39 is 23.6 Å². The number of rotatable bonds is 6. The third-order valence-corrected chi connectivity index (χ3v) is 4.30. The van der Waals surface area contributed by atoms with Crippen molar-refractivity contribution in [3.63, 3.8) is 0 Å². The number of amides is 1. The fourth-order valence-electron chi connectivity index (χ4n) is 3.06. The highest BCUT2D eigenvalue weighted by atomic mass is 19.2. The van der Waals surface area contributed by atoms with Gasteiger partial charge in [0.1, 0.15) is 6.04 Å². The average Bonchev–Trinajstić information content (AvgIpc) is 3.00. The van der Waals surface area contributed by atoms with Crippen LogP contribution in [0, 0.1) is 11.6 Å². The number of nitrogens with zero attached hydrogens (tertiary/aromatic N) is 1. The normalized spacial score (nSPS) is 19.5. The molecule has 1 aromatic carbocycles. The molecule has 24 heavy (non-hydrogen) atoms. The Morgan fingerprint density at radius 2 is 2.04 bits per heavy atom. The lowest BCUT2D eigenvalue weighted by molar-refractivity contribution is -0.142. The lowest BCUT2D eigenvalue weighted by atomic mass is 10.0. The molecule has 2 atom stereocenters. The molecule has 2 rings (SSSR count). The van der Waals surface area contributed by atoms with Gasteiger partial charge >= 0.3 is 5.97 Å². The molecule has 0 saturated carbocycles. The number of carbonyl (C=O) groups is 2. The van der Waals surface area contributed by atoms with Gasteiger partial charge in [-0.25, -0.2) is 13.6 Å². The van der Waals surface area contributed by atoms with E-state index in [1.807, 2.05) is 18.7 Å². The summed E-state index contributed by atoms with van der Waals surface area (Å²) < 4.78 is 26.2. The van der Waals surface area contributed by atoms with Gasteiger partial charge in [0, 0.05) is 12.5 Å². The van der Waals surface area contributed by atoms with Crippen LogP contribution in [0.3, 0.4) is 0 Å². The van der Waals surface area contributed by atoms with Gasteiger partial charge in [0.05, 0.1) is 6.04 Å². The van der Waals surface area contributed by atoms with Crippen molar-refractivity contribution in [3.05, 3.63) is 35.4 Å². The zero-order chi connectivity index (χ0) is 17.9. The number of carbonyl (C=O) groups excluding carboxylic acids is 1. The highest BCUT2D eigenvalue weighted by molar-refractivity contribution is 5.87. The van der Waals surface area contributed by atoms with Crippen LogP contribution in [0.1, 0.15) is 32.3 Å². The van der Waals surface area contributed by atoms with Crippen LogP contribution in [0.4, 0.5) is 8.78 Å². The molecule has 0 aliphatic carbocycles. The van der Waals surface area contributed by atoms with Gasteiger partial charge in [-0.2, -0.15) is 0 Å². The molecule has 1 aromatic rings. The Bertz CT molecular complexity index is 622. The van der Waals surface area contributed by atoms with Gasteiger partial charge in [0.25, 0.3) is 0 Å². The number of halogens is 2. The molecule has 1 saturated heterocycles. The van der Waals surface area contributed by atoms with Gasteiger partial charge < -0.3 is 10.4 Å². The summed E-state index contributed by atoms with van der Waals surface area (Å²) >= 11 is 0. The quantitative estimate of drug-likeness (QED) is 0.830. The average molecular weight is 340 g/mol. The van der Waals surface area contributed by atoms with E-state index in [2.05, 4.69) is 5.32 Å². The molecule has 1 amide bonds. The van der Waals surface area contributed by atoms with Gasteiger partial charge in [0.2, 0.25) is 5.91 Å². The van der Waals surface area contributed by atoms with Gasteiger partial charge in [0.15, 0.2) is 11.6 Å². The third kappa shape index (κ3) is 4.29. The number of carboxylic acids is 1. The van der Waals surface area contributed by atoms with Crippen LogP contribution in [0.15, 0.2) is 18.2 Å². The van der Waals surface area contributed by atoms with Crippen molar-refractivity contribution in [3.8, 4) is 0 Å². The zero-order valence-electron chi connectivity index (χ0n) is 13.8.